The van der Waals surface area contributed by atoms with Crippen molar-refractivity contribution in [1.29, 1.82) is 0 Å². The Labute approximate surface area is 134 Å². The van der Waals surface area contributed by atoms with Crippen molar-refractivity contribution in [2.24, 2.45) is 0 Å². The van der Waals surface area contributed by atoms with Crippen molar-refractivity contribution in [2.75, 3.05) is 21.3 Å². The molecule has 0 N–H and O–H groups in total. The molecule has 0 amide bonds. The number of carbonyl (C=O) groups is 1. The van der Waals surface area contributed by atoms with Gasteiger partial charge in [0.15, 0.2) is 12.2 Å². The van der Waals surface area contributed by atoms with Crippen LogP contribution in [0.5, 0.6) is 11.5 Å². The summed E-state index contributed by atoms with van der Waals surface area (Å²) < 4.78 is 21.6. The van der Waals surface area contributed by atoms with Crippen molar-refractivity contribution in [1.82, 2.24) is 0 Å². The number of rotatable bonds is 4. The highest BCUT2D eigenvalue weighted by Gasteiger charge is 2.38. The van der Waals surface area contributed by atoms with Crippen LogP contribution in [0.2, 0.25) is 0 Å². The molecule has 0 spiro atoms. The first-order chi connectivity index (χ1) is 11.2. The first-order valence-electron chi connectivity index (χ1n) is 7.23. The smallest absolute Gasteiger partial charge is 0.340 e. The molecule has 0 aromatic heterocycles. The van der Waals surface area contributed by atoms with Crippen LogP contribution in [0.4, 0.5) is 0 Å². The van der Waals surface area contributed by atoms with E-state index in [2.05, 4.69) is 0 Å². The number of cyclic esters (lactones) is 1. The maximum absolute atomic E-state index is 12.3. The van der Waals surface area contributed by atoms with E-state index in [1.807, 2.05) is 42.5 Å². The van der Waals surface area contributed by atoms with Crippen molar-refractivity contribution >= 4 is 5.97 Å². The molecule has 0 saturated heterocycles. The largest absolute Gasteiger partial charge is 0.497 e. The monoisotopic (exact) mass is 314 g/mol. The maximum atomic E-state index is 12.3. The van der Waals surface area contributed by atoms with Crippen LogP contribution >= 0.6 is 0 Å². The predicted molar refractivity (Wildman–Crippen MR) is 83.7 cm³/mol. The molecule has 0 radical (unpaired) electrons. The van der Waals surface area contributed by atoms with E-state index in [4.69, 9.17) is 18.9 Å². The fraction of sp³-hybridized carbons (Fsp3) is 0.278. The molecule has 120 valence electrons. The Hall–Kier alpha value is -2.53. The lowest BCUT2D eigenvalue weighted by Gasteiger charge is -2.31. The summed E-state index contributed by atoms with van der Waals surface area (Å²) in [7, 11) is 4.69. The van der Waals surface area contributed by atoms with E-state index in [0.29, 0.717) is 5.75 Å². The van der Waals surface area contributed by atoms with Gasteiger partial charge in [0.2, 0.25) is 0 Å². The Bertz CT molecular complexity index is 708. The van der Waals surface area contributed by atoms with Gasteiger partial charge in [-0.3, -0.25) is 0 Å². The number of fused-ring (bicyclic) bond motifs is 1. The quantitative estimate of drug-likeness (QED) is 0.812. The number of hydrogen-bond donors (Lipinski definition) is 0. The number of methoxy groups -OCH3 is 3. The maximum Gasteiger partial charge on any atom is 0.340 e. The molecule has 5 nitrogen and oxygen atoms in total. The van der Waals surface area contributed by atoms with E-state index in [-0.39, 0.29) is 0 Å². The van der Waals surface area contributed by atoms with E-state index in [0.717, 1.165) is 22.4 Å². The molecule has 3 rings (SSSR count). The van der Waals surface area contributed by atoms with Crippen molar-refractivity contribution in [3.05, 3.63) is 59.2 Å². The van der Waals surface area contributed by atoms with E-state index in [1.54, 1.807) is 14.2 Å². The molecule has 0 saturated carbocycles. The Morgan fingerprint density at radius 3 is 2.30 bits per heavy atom. The van der Waals surface area contributed by atoms with Crippen LogP contribution in [-0.4, -0.2) is 27.3 Å². The van der Waals surface area contributed by atoms with Gasteiger partial charge in [0.1, 0.15) is 11.5 Å². The van der Waals surface area contributed by atoms with Gasteiger partial charge >= 0.3 is 5.97 Å². The van der Waals surface area contributed by atoms with Gasteiger partial charge in [0.25, 0.3) is 0 Å². The summed E-state index contributed by atoms with van der Waals surface area (Å²) in [4.78, 5) is 12.3. The molecule has 2 unspecified atom stereocenters. The van der Waals surface area contributed by atoms with Gasteiger partial charge in [-0.1, -0.05) is 24.3 Å². The summed E-state index contributed by atoms with van der Waals surface area (Å²) in [5, 5.41) is 0. The number of esters is 1. The number of ether oxygens (including phenoxy) is 4. The average Bonchev–Trinajstić information content (AvgIpc) is 2.60. The molecule has 2 aromatic rings. The Balaban J connectivity index is 2.13. The summed E-state index contributed by atoms with van der Waals surface area (Å²) in [6, 6.07) is 13.0. The predicted octanol–water partition coefficient (Wildman–Crippen LogP) is 3.04. The second-order valence-corrected chi connectivity index (χ2v) is 5.17. The van der Waals surface area contributed by atoms with E-state index in [1.165, 1.54) is 7.11 Å². The second-order valence-electron chi connectivity index (χ2n) is 5.17. The number of benzene rings is 2. The zero-order chi connectivity index (χ0) is 16.4. The standard InChI is InChI=1S/C18H18O5/c1-20-12-9-7-11(8-10-12)16-15-13(5-4-6-14(15)21-2)17(22-3)18(19)23-16/h4-10,16-17H,1-3H3. The van der Waals surface area contributed by atoms with E-state index in [9.17, 15) is 4.79 Å². The fourth-order valence-electron chi connectivity index (χ4n) is 2.85. The third-order valence-corrected chi connectivity index (χ3v) is 3.97. The fourth-order valence-corrected chi connectivity index (χ4v) is 2.85. The number of carbonyl (C=O) groups excluding carboxylic acids is 1. The van der Waals surface area contributed by atoms with Gasteiger partial charge in [0.05, 0.1) is 14.2 Å². The zero-order valence-corrected chi connectivity index (χ0v) is 13.2. The van der Waals surface area contributed by atoms with Gasteiger partial charge in [-0.2, -0.15) is 0 Å². The van der Waals surface area contributed by atoms with Crippen molar-refractivity contribution in [3.8, 4) is 11.5 Å². The van der Waals surface area contributed by atoms with Gasteiger partial charge < -0.3 is 18.9 Å². The highest BCUT2D eigenvalue weighted by Crippen LogP contribution is 2.43. The van der Waals surface area contributed by atoms with Crippen LogP contribution in [0.1, 0.15) is 28.9 Å². The lowest BCUT2D eigenvalue weighted by molar-refractivity contribution is -0.162. The molecule has 23 heavy (non-hydrogen) atoms. The highest BCUT2D eigenvalue weighted by atomic mass is 16.6. The summed E-state index contributed by atoms with van der Waals surface area (Å²) in [6.07, 6.45) is -1.28. The average molecular weight is 314 g/mol. The molecule has 1 heterocycles. The van der Waals surface area contributed by atoms with Crippen molar-refractivity contribution in [3.63, 3.8) is 0 Å². The lowest BCUT2D eigenvalue weighted by atomic mass is 9.90. The number of hydrogen-bond acceptors (Lipinski definition) is 5. The normalized spacial score (nSPS) is 19.7. The third kappa shape index (κ3) is 2.64. The summed E-state index contributed by atoms with van der Waals surface area (Å²) in [5.41, 5.74) is 2.43. The van der Waals surface area contributed by atoms with Crippen molar-refractivity contribution < 1.29 is 23.7 Å². The van der Waals surface area contributed by atoms with Crippen LogP contribution in [0.3, 0.4) is 0 Å². The van der Waals surface area contributed by atoms with Gasteiger partial charge in [-0.25, -0.2) is 4.79 Å². The molecule has 0 aliphatic carbocycles. The molecule has 2 atom stereocenters. The SMILES string of the molecule is COc1ccc(C2OC(=O)C(OC)c3cccc(OC)c32)cc1. The molecule has 1 aliphatic heterocycles. The Morgan fingerprint density at radius 1 is 0.957 bits per heavy atom. The van der Waals surface area contributed by atoms with Crippen molar-refractivity contribution in [2.45, 2.75) is 12.2 Å². The van der Waals surface area contributed by atoms with E-state index < -0.39 is 18.2 Å². The molecular weight excluding hydrogens is 296 g/mol. The van der Waals surface area contributed by atoms with Crippen LogP contribution in [0, 0.1) is 0 Å². The van der Waals surface area contributed by atoms with Gasteiger partial charge in [0, 0.05) is 18.2 Å². The lowest BCUT2D eigenvalue weighted by Crippen LogP contribution is -2.28. The van der Waals surface area contributed by atoms with E-state index >= 15 is 0 Å². The summed E-state index contributed by atoms with van der Waals surface area (Å²) in [5.74, 6) is 0.998. The van der Waals surface area contributed by atoms with Gasteiger partial charge in [-0.15, -0.1) is 0 Å². The second kappa shape index (κ2) is 6.30. The zero-order valence-electron chi connectivity index (χ0n) is 13.2. The third-order valence-electron chi connectivity index (χ3n) is 3.97. The van der Waals surface area contributed by atoms with Gasteiger partial charge in [-0.05, 0) is 23.8 Å². The molecule has 0 bridgehead atoms. The summed E-state index contributed by atoms with van der Waals surface area (Å²) >= 11 is 0. The topological polar surface area (TPSA) is 54.0 Å². The molecule has 1 aliphatic rings. The highest BCUT2D eigenvalue weighted by molar-refractivity contribution is 5.80. The minimum absolute atomic E-state index is 0.408. The minimum Gasteiger partial charge on any atom is -0.497 e. The Morgan fingerprint density at radius 2 is 1.70 bits per heavy atom. The van der Waals surface area contributed by atoms with Crippen LogP contribution < -0.4 is 9.47 Å². The van der Waals surface area contributed by atoms with Crippen LogP contribution in [-0.2, 0) is 14.3 Å². The molecule has 2 aromatic carbocycles. The van der Waals surface area contributed by atoms with Crippen LogP contribution in [0.25, 0.3) is 0 Å². The Kier molecular flexibility index (Phi) is 4.21. The minimum atomic E-state index is -0.741. The summed E-state index contributed by atoms with van der Waals surface area (Å²) in [6.45, 7) is 0. The molecule has 5 heteroatoms. The first-order valence-corrected chi connectivity index (χ1v) is 7.23. The van der Waals surface area contributed by atoms with Crippen LogP contribution in [0.15, 0.2) is 42.5 Å². The molecular formula is C18H18O5. The first kappa shape index (κ1) is 15.4. The molecule has 0 fully saturated rings.